The van der Waals surface area contributed by atoms with Gasteiger partial charge in [0, 0.05) is 30.4 Å². The molecule has 9 heteroatoms. The van der Waals surface area contributed by atoms with Gasteiger partial charge >= 0.3 is 0 Å². The second-order valence-electron chi connectivity index (χ2n) is 8.52. The Labute approximate surface area is 198 Å². The number of methoxy groups -OCH3 is 1. The number of rotatable bonds is 5. The van der Waals surface area contributed by atoms with Gasteiger partial charge in [-0.15, -0.1) is 0 Å². The number of anilines is 2. The summed E-state index contributed by atoms with van der Waals surface area (Å²) in [6.45, 7) is 7.37. The molecule has 0 bridgehead atoms. The minimum Gasteiger partial charge on any atom is -0.496 e. The lowest BCUT2D eigenvalue weighted by atomic mass is 10.1. The van der Waals surface area contributed by atoms with Gasteiger partial charge in [-0.25, -0.2) is 4.98 Å². The van der Waals surface area contributed by atoms with Crippen LogP contribution in [0.1, 0.15) is 19.4 Å². The third-order valence-corrected chi connectivity index (χ3v) is 6.02. The molecule has 1 atom stereocenters. The average Bonchev–Trinajstić information content (AvgIpc) is 2.87. The Morgan fingerprint density at radius 2 is 1.94 bits per heavy atom. The van der Waals surface area contributed by atoms with Gasteiger partial charge in [0.2, 0.25) is 5.95 Å². The van der Waals surface area contributed by atoms with Crippen LogP contribution in [0.15, 0.2) is 42.3 Å². The van der Waals surface area contributed by atoms with E-state index in [-0.39, 0.29) is 12.7 Å². The first-order valence-corrected chi connectivity index (χ1v) is 11.5. The van der Waals surface area contributed by atoms with E-state index in [1.165, 1.54) is 0 Å². The second-order valence-corrected chi connectivity index (χ2v) is 8.52. The molecule has 0 aliphatic carbocycles. The van der Waals surface area contributed by atoms with E-state index in [9.17, 15) is 5.11 Å². The summed E-state index contributed by atoms with van der Waals surface area (Å²) < 4.78 is 16.7. The molecule has 2 aromatic heterocycles. The van der Waals surface area contributed by atoms with Crippen LogP contribution in [0.3, 0.4) is 0 Å². The number of hydrogen-bond acceptors (Lipinski definition) is 9. The van der Waals surface area contributed by atoms with Gasteiger partial charge < -0.3 is 29.1 Å². The van der Waals surface area contributed by atoms with Crippen LogP contribution >= 0.6 is 0 Å². The van der Waals surface area contributed by atoms with Gasteiger partial charge in [0.1, 0.15) is 23.4 Å². The number of nitrogens with zero attached hydrogens (tertiary/aromatic N) is 5. The van der Waals surface area contributed by atoms with Gasteiger partial charge in [0.25, 0.3) is 0 Å². The third kappa shape index (κ3) is 4.36. The maximum Gasteiger partial charge on any atom is 0.233 e. The first-order valence-electron chi connectivity index (χ1n) is 11.5. The molecule has 5 rings (SSSR count). The number of morpholine rings is 1. The SMILES string of the molecule is COc1ccc(-c2ccc3c(N4CCOCC4)nc(N4C=C(C)O[C@@H](C)C4)nc3n2)cc1CO. The predicted molar refractivity (Wildman–Crippen MR) is 130 cm³/mol. The number of pyridine rings is 1. The topological polar surface area (TPSA) is 93.1 Å². The summed E-state index contributed by atoms with van der Waals surface area (Å²) in [5.74, 6) is 2.93. The predicted octanol–water partition coefficient (Wildman–Crippen LogP) is 3.12. The minimum atomic E-state index is -0.112. The van der Waals surface area contributed by atoms with Crippen LogP contribution < -0.4 is 14.5 Å². The van der Waals surface area contributed by atoms with Crippen LogP contribution in [0, 0.1) is 0 Å². The highest BCUT2D eigenvalue weighted by Gasteiger charge is 2.23. The van der Waals surface area contributed by atoms with E-state index in [0.29, 0.717) is 42.7 Å². The summed E-state index contributed by atoms with van der Waals surface area (Å²) in [5.41, 5.74) is 2.98. The van der Waals surface area contributed by atoms with E-state index in [2.05, 4.69) is 4.90 Å². The number of allylic oxidation sites excluding steroid dienone is 1. The Kier molecular flexibility index (Phi) is 6.21. The highest BCUT2D eigenvalue weighted by molar-refractivity contribution is 5.90. The normalized spacial score (nSPS) is 18.6. The summed E-state index contributed by atoms with van der Waals surface area (Å²) in [5, 5.41) is 10.6. The van der Waals surface area contributed by atoms with Crippen molar-refractivity contribution in [3.8, 4) is 17.0 Å². The molecule has 2 aliphatic heterocycles. The quantitative estimate of drug-likeness (QED) is 0.613. The molecule has 34 heavy (non-hydrogen) atoms. The molecule has 178 valence electrons. The summed E-state index contributed by atoms with van der Waals surface area (Å²) >= 11 is 0. The second kappa shape index (κ2) is 9.44. The minimum absolute atomic E-state index is 0.0339. The number of ether oxygens (including phenoxy) is 3. The molecule has 1 saturated heterocycles. The van der Waals surface area contributed by atoms with Crippen molar-refractivity contribution in [1.82, 2.24) is 15.0 Å². The van der Waals surface area contributed by atoms with Crippen molar-refractivity contribution >= 4 is 22.8 Å². The van der Waals surface area contributed by atoms with E-state index in [0.717, 1.165) is 41.3 Å². The molecular weight excluding hydrogens is 434 g/mol. The summed E-state index contributed by atoms with van der Waals surface area (Å²) in [4.78, 5) is 19.0. The lowest BCUT2D eigenvalue weighted by molar-refractivity contribution is 0.122. The molecule has 0 radical (unpaired) electrons. The molecule has 2 aliphatic rings. The van der Waals surface area contributed by atoms with Crippen LogP contribution in [0.25, 0.3) is 22.3 Å². The molecule has 0 unspecified atom stereocenters. The van der Waals surface area contributed by atoms with E-state index in [4.69, 9.17) is 29.2 Å². The Morgan fingerprint density at radius 3 is 2.68 bits per heavy atom. The fourth-order valence-electron chi connectivity index (χ4n) is 4.42. The van der Waals surface area contributed by atoms with E-state index < -0.39 is 0 Å². The van der Waals surface area contributed by atoms with Crippen molar-refractivity contribution in [3.05, 3.63) is 47.9 Å². The Bertz CT molecular complexity index is 1230. The lowest BCUT2D eigenvalue weighted by Gasteiger charge is -2.32. The molecule has 1 N–H and O–H groups in total. The first kappa shape index (κ1) is 22.4. The summed E-state index contributed by atoms with van der Waals surface area (Å²) in [6.07, 6.45) is 1.97. The number of hydrogen-bond donors (Lipinski definition) is 1. The van der Waals surface area contributed by atoms with Gasteiger partial charge in [-0.05, 0) is 44.2 Å². The smallest absolute Gasteiger partial charge is 0.233 e. The van der Waals surface area contributed by atoms with Gasteiger partial charge in [-0.1, -0.05) is 0 Å². The first-order chi connectivity index (χ1) is 16.6. The van der Waals surface area contributed by atoms with Crippen LogP contribution in [-0.2, 0) is 16.1 Å². The van der Waals surface area contributed by atoms with Crippen LogP contribution in [0.5, 0.6) is 5.75 Å². The summed E-state index contributed by atoms with van der Waals surface area (Å²) in [7, 11) is 1.59. The number of benzene rings is 1. The van der Waals surface area contributed by atoms with Crippen LogP contribution in [0.4, 0.5) is 11.8 Å². The lowest BCUT2D eigenvalue weighted by Crippen LogP contribution is -2.38. The zero-order valence-electron chi connectivity index (χ0n) is 19.7. The molecule has 0 spiro atoms. The molecule has 0 saturated carbocycles. The Hall–Kier alpha value is -3.43. The number of aliphatic hydroxyl groups excluding tert-OH is 1. The standard InChI is InChI=1S/C25H29N5O4/c1-16-13-30(14-17(2)34-16)25-27-23-20(24(28-25)29-8-10-33-11-9-29)5-6-21(26-23)18-4-7-22(32-3)19(12-18)15-31/h4-7,12-13,17,31H,8-11,14-15H2,1-3H3/t17-/m0/s1. The van der Waals surface area contributed by atoms with Crippen molar-refractivity contribution < 1.29 is 19.3 Å². The van der Waals surface area contributed by atoms with Gasteiger partial charge in [-0.2, -0.15) is 9.97 Å². The van der Waals surface area contributed by atoms with E-state index >= 15 is 0 Å². The van der Waals surface area contributed by atoms with Crippen molar-refractivity contribution in [2.24, 2.45) is 0 Å². The molecule has 9 nitrogen and oxygen atoms in total. The van der Waals surface area contributed by atoms with Crippen LogP contribution in [-0.4, -0.2) is 66.1 Å². The molecule has 4 heterocycles. The fourth-order valence-corrected chi connectivity index (χ4v) is 4.42. The molecule has 1 fully saturated rings. The highest BCUT2D eigenvalue weighted by atomic mass is 16.5. The third-order valence-electron chi connectivity index (χ3n) is 6.02. The Morgan fingerprint density at radius 1 is 1.12 bits per heavy atom. The van der Waals surface area contributed by atoms with E-state index in [1.807, 2.05) is 55.3 Å². The Balaban J connectivity index is 1.63. The average molecular weight is 464 g/mol. The molecular formula is C25H29N5O4. The fraction of sp³-hybridized carbons (Fsp3) is 0.400. The number of aliphatic hydroxyl groups is 1. The maximum absolute atomic E-state index is 9.74. The molecule has 0 amide bonds. The van der Waals surface area contributed by atoms with Crippen molar-refractivity contribution in [1.29, 1.82) is 0 Å². The highest BCUT2D eigenvalue weighted by Crippen LogP contribution is 2.31. The molecule has 3 aromatic rings. The monoisotopic (exact) mass is 463 g/mol. The summed E-state index contributed by atoms with van der Waals surface area (Å²) in [6, 6.07) is 9.68. The van der Waals surface area contributed by atoms with Crippen LogP contribution in [0.2, 0.25) is 0 Å². The van der Waals surface area contributed by atoms with Crippen molar-refractivity contribution in [2.75, 3.05) is 49.8 Å². The maximum atomic E-state index is 9.74. The van der Waals surface area contributed by atoms with E-state index in [1.54, 1.807) is 7.11 Å². The van der Waals surface area contributed by atoms with Gasteiger partial charge in [-0.3, -0.25) is 0 Å². The number of fused-ring (bicyclic) bond motifs is 1. The zero-order chi connectivity index (χ0) is 23.7. The molecule has 1 aromatic carbocycles. The van der Waals surface area contributed by atoms with Gasteiger partial charge in [0.15, 0.2) is 5.65 Å². The van der Waals surface area contributed by atoms with Crippen molar-refractivity contribution in [2.45, 2.75) is 26.6 Å². The number of aromatic nitrogens is 3. The zero-order valence-corrected chi connectivity index (χ0v) is 19.7. The van der Waals surface area contributed by atoms with Crippen molar-refractivity contribution in [3.63, 3.8) is 0 Å². The largest absolute Gasteiger partial charge is 0.496 e. The van der Waals surface area contributed by atoms with Gasteiger partial charge in [0.05, 0.1) is 44.6 Å².